The van der Waals surface area contributed by atoms with Crippen molar-refractivity contribution in [3.8, 4) is 5.75 Å². The van der Waals surface area contributed by atoms with Gasteiger partial charge in [0, 0.05) is 60.8 Å². The Balaban J connectivity index is 1.29. The number of ether oxygens (including phenoxy) is 1. The fourth-order valence-corrected chi connectivity index (χ4v) is 5.51. The zero-order valence-electron chi connectivity index (χ0n) is 18.6. The van der Waals surface area contributed by atoms with E-state index in [1.807, 2.05) is 37.3 Å². The van der Waals surface area contributed by atoms with Crippen molar-refractivity contribution in [2.45, 2.75) is 50.9 Å². The molecule has 5 rings (SSSR count). The molecule has 31 heavy (non-hydrogen) atoms. The number of likely N-dealkylation sites (tertiary alicyclic amines) is 1. The standard InChI is InChI=1S/C26H32N2O3/c1-17-8-9-24-20(14-17)22(29)15-26(31-24)10-12-28(13-11-26)16-23(30)25-18(2)27(3)21-7-5-4-6-19(21)25/h4-9,14,22-23,29-30H,10-13,15-16H2,1-3H3/t22-,23-/m0/s1. The topological polar surface area (TPSA) is 57.9 Å². The van der Waals surface area contributed by atoms with Gasteiger partial charge in [-0.05, 0) is 44.9 Å². The summed E-state index contributed by atoms with van der Waals surface area (Å²) in [5.41, 5.74) is 5.06. The molecule has 0 unspecified atom stereocenters. The zero-order chi connectivity index (χ0) is 21.8. The van der Waals surface area contributed by atoms with Gasteiger partial charge in [0.1, 0.15) is 11.4 Å². The van der Waals surface area contributed by atoms with Gasteiger partial charge in [-0.15, -0.1) is 0 Å². The Kier molecular flexibility index (Phi) is 5.08. The number of benzene rings is 2. The number of rotatable bonds is 3. The van der Waals surface area contributed by atoms with E-state index in [-0.39, 0.29) is 5.60 Å². The first kappa shape index (κ1) is 20.6. The molecule has 0 aliphatic carbocycles. The molecule has 3 aromatic rings. The Morgan fingerprint density at radius 2 is 1.87 bits per heavy atom. The van der Waals surface area contributed by atoms with Crippen LogP contribution >= 0.6 is 0 Å². The maximum atomic E-state index is 11.1. The van der Waals surface area contributed by atoms with Crippen molar-refractivity contribution in [3.63, 3.8) is 0 Å². The van der Waals surface area contributed by atoms with E-state index < -0.39 is 12.2 Å². The van der Waals surface area contributed by atoms with E-state index in [2.05, 4.69) is 35.6 Å². The van der Waals surface area contributed by atoms with E-state index >= 15 is 0 Å². The summed E-state index contributed by atoms with van der Waals surface area (Å²) in [6.07, 6.45) is 1.36. The van der Waals surface area contributed by atoms with Gasteiger partial charge in [0.25, 0.3) is 0 Å². The lowest BCUT2D eigenvalue weighted by molar-refractivity contribution is -0.0587. The van der Waals surface area contributed by atoms with Gasteiger partial charge in [-0.1, -0.05) is 29.8 Å². The summed E-state index contributed by atoms with van der Waals surface area (Å²) in [5.74, 6) is 0.823. The number of fused-ring (bicyclic) bond motifs is 2. The van der Waals surface area contributed by atoms with Gasteiger partial charge >= 0.3 is 0 Å². The predicted molar refractivity (Wildman–Crippen MR) is 122 cm³/mol. The molecule has 3 heterocycles. The first-order chi connectivity index (χ1) is 14.9. The van der Waals surface area contributed by atoms with Gasteiger partial charge in [-0.2, -0.15) is 0 Å². The summed E-state index contributed by atoms with van der Waals surface area (Å²) in [5, 5.41) is 23.0. The molecule has 2 aromatic carbocycles. The Bertz CT molecular complexity index is 1110. The summed E-state index contributed by atoms with van der Waals surface area (Å²) < 4.78 is 8.61. The van der Waals surface area contributed by atoms with Crippen LogP contribution in [0.1, 0.15) is 53.9 Å². The second-order valence-electron chi connectivity index (χ2n) is 9.44. The molecule has 1 saturated heterocycles. The first-order valence-electron chi connectivity index (χ1n) is 11.3. The number of aryl methyl sites for hydroxylation is 2. The van der Waals surface area contributed by atoms with Gasteiger partial charge in [-0.3, -0.25) is 0 Å². The Hall–Kier alpha value is -2.34. The number of aromatic nitrogens is 1. The summed E-state index contributed by atoms with van der Waals surface area (Å²) in [4.78, 5) is 2.33. The quantitative estimate of drug-likeness (QED) is 0.667. The Labute approximate surface area is 183 Å². The second-order valence-corrected chi connectivity index (χ2v) is 9.44. The smallest absolute Gasteiger partial charge is 0.125 e. The molecule has 0 bridgehead atoms. The number of aliphatic hydroxyl groups is 2. The van der Waals surface area contributed by atoms with Crippen LogP contribution in [-0.2, 0) is 7.05 Å². The van der Waals surface area contributed by atoms with Crippen molar-refractivity contribution in [2.24, 2.45) is 7.05 Å². The van der Waals surface area contributed by atoms with Gasteiger partial charge in [0.2, 0.25) is 0 Å². The molecule has 0 saturated carbocycles. The number of β-amino-alcohol motifs (C(OH)–C–C–N with tert-alkyl or cyclic N) is 1. The number of hydrogen-bond donors (Lipinski definition) is 2. The van der Waals surface area contributed by atoms with Crippen molar-refractivity contribution < 1.29 is 14.9 Å². The third-order valence-corrected chi connectivity index (χ3v) is 7.40. The van der Waals surface area contributed by atoms with E-state index in [0.717, 1.165) is 65.0 Å². The number of hydrogen-bond acceptors (Lipinski definition) is 4. The average Bonchev–Trinajstić information content (AvgIpc) is 3.01. The predicted octanol–water partition coefficient (Wildman–Crippen LogP) is 4.18. The highest BCUT2D eigenvalue weighted by Crippen LogP contribution is 2.44. The molecule has 2 N–H and O–H groups in total. The van der Waals surface area contributed by atoms with Crippen molar-refractivity contribution in [1.29, 1.82) is 0 Å². The monoisotopic (exact) mass is 420 g/mol. The fourth-order valence-electron chi connectivity index (χ4n) is 5.51. The molecule has 1 spiro atoms. The minimum absolute atomic E-state index is 0.307. The minimum atomic E-state index is -0.526. The third-order valence-electron chi connectivity index (χ3n) is 7.40. The van der Waals surface area contributed by atoms with Crippen LogP contribution in [0.25, 0.3) is 10.9 Å². The SMILES string of the molecule is Cc1ccc2c(c1)[C@@H](O)CC1(CCN(C[C@H](O)c3c(C)n(C)c4ccccc34)CC1)O2. The molecule has 0 radical (unpaired) electrons. The lowest BCUT2D eigenvalue weighted by Gasteiger charge is -2.46. The minimum Gasteiger partial charge on any atom is -0.487 e. The molecule has 2 atom stereocenters. The average molecular weight is 421 g/mol. The van der Waals surface area contributed by atoms with E-state index in [1.54, 1.807) is 0 Å². The number of aliphatic hydroxyl groups excluding tert-OH is 2. The normalized spacial score (nSPS) is 21.8. The van der Waals surface area contributed by atoms with Crippen LogP contribution in [0.5, 0.6) is 5.75 Å². The van der Waals surface area contributed by atoms with Crippen LogP contribution in [0.15, 0.2) is 42.5 Å². The van der Waals surface area contributed by atoms with Gasteiger partial charge < -0.3 is 24.4 Å². The molecule has 2 aliphatic heterocycles. The number of piperidine rings is 1. The van der Waals surface area contributed by atoms with Crippen LogP contribution in [0.2, 0.25) is 0 Å². The Morgan fingerprint density at radius 3 is 2.65 bits per heavy atom. The van der Waals surface area contributed by atoms with E-state index in [0.29, 0.717) is 13.0 Å². The molecule has 164 valence electrons. The van der Waals surface area contributed by atoms with Crippen LogP contribution in [0.3, 0.4) is 0 Å². The molecule has 1 aromatic heterocycles. The number of para-hydroxylation sites is 1. The largest absolute Gasteiger partial charge is 0.487 e. The first-order valence-corrected chi connectivity index (χ1v) is 11.3. The summed E-state index contributed by atoms with van der Waals surface area (Å²) in [6.45, 7) is 6.45. The maximum absolute atomic E-state index is 11.1. The molecule has 0 amide bonds. The van der Waals surface area contributed by atoms with Crippen LogP contribution in [0, 0.1) is 13.8 Å². The fraction of sp³-hybridized carbons (Fsp3) is 0.462. The van der Waals surface area contributed by atoms with Crippen LogP contribution < -0.4 is 4.74 Å². The molecular formula is C26H32N2O3. The summed E-state index contributed by atoms with van der Waals surface area (Å²) in [6, 6.07) is 14.4. The zero-order valence-corrected chi connectivity index (χ0v) is 18.6. The van der Waals surface area contributed by atoms with Gasteiger partial charge in [0.15, 0.2) is 0 Å². The second kappa shape index (κ2) is 7.66. The number of nitrogens with zero attached hydrogens (tertiary/aromatic N) is 2. The summed E-state index contributed by atoms with van der Waals surface area (Å²) in [7, 11) is 2.06. The highest BCUT2D eigenvalue weighted by molar-refractivity contribution is 5.85. The van der Waals surface area contributed by atoms with Gasteiger partial charge in [0.05, 0.1) is 12.2 Å². The van der Waals surface area contributed by atoms with Crippen molar-refractivity contribution in [1.82, 2.24) is 9.47 Å². The lowest BCUT2D eigenvalue weighted by Crippen LogP contribution is -2.51. The molecule has 5 nitrogen and oxygen atoms in total. The van der Waals surface area contributed by atoms with Crippen molar-refractivity contribution in [3.05, 3.63) is 64.8 Å². The van der Waals surface area contributed by atoms with E-state index in [1.165, 1.54) is 0 Å². The highest BCUT2D eigenvalue weighted by Gasteiger charge is 2.43. The van der Waals surface area contributed by atoms with Gasteiger partial charge in [-0.25, -0.2) is 0 Å². The molecule has 2 aliphatic rings. The lowest BCUT2D eigenvalue weighted by atomic mass is 9.81. The van der Waals surface area contributed by atoms with Crippen LogP contribution in [0.4, 0.5) is 0 Å². The van der Waals surface area contributed by atoms with Crippen LogP contribution in [-0.4, -0.2) is 44.9 Å². The van der Waals surface area contributed by atoms with Crippen molar-refractivity contribution >= 4 is 10.9 Å². The molecule has 5 heteroatoms. The molecular weight excluding hydrogens is 388 g/mol. The third kappa shape index (κ3) is 3.55. The Morgan fingerprint density at radius 1 is 1.13 bits per heavy atom. The van der Waals surface area contributed by atoms with E-state index in [4.69, 9.17) is 4.74 Å². The molecule has 1 fully saturated rings. The van der Waals surface area contributed by atoms with Crippen molar-refractivity contribution in [2.75, 3.05) is 19.6 Å². The summed E-state index contributed by atoms with van der Waals surface area (Å²) >= 11 is 0. The highest BCUT2D eigenvalue weighted by atomic mass is 16.5. The maximum Gasteiger partial charge on any atom is 0.125 e. The van der Waals surface area contributed by atoms with E-state index in [9.17, 15) is 10.2 Å².